The molecule has 2 N–H and O–H groups in total. The Bertz CT molecular complexity index is 934. The van der Waals surface area contributed by atoms with E-state index in [1.54, 1.807) is 4.68 Å². The van der Waals surface area contributed by atoms with E-state index in [2.05, 4.69) is 20.7 Å². The van der Waals surface area contributed by atoms with Crippen molar-refractivity contribution in [2.24, 2.45) is 0 Å². The molecular formula is C18H15ClFN5O2. The van der Waals surface area contributed by atoms with Gasteiger partial charge in [-0.1, -0.05) is 41.9 Å². The molecule has 0 saturated heterocycles. The van der Waals surface area contributed by atoms with Crippen LogP contribution in [0.1, 0.15) is 11.6 Å². The summed E-state index contributed by atoms with van der Waals surface area (Å²) in [5.74, 6) is -2.35. The fourth-order valence-corrected chi connectivity index (χ4v) is 2.60. The number of amides is 2. The monoisotopic (exact) mass is 387 g/mol. The van der Waals surface area contributed by atoms with E-state index in [1.165, 1.54) is 24.8 Å². The molecule has 7 nitrogen and oxygen atoms in total. The van der Waals surface area contributed by atoms with Crippen molar-refractivity contribution in [1.29, 1.82) is 0 Å². The number of hydrogen-bond donors (Lipinski definition) is 2. The summed E-state index contributed by atoms with van der Waals surface area (Å²) in [6.07, 6.45) is 2.90. The van der Waals surface area contributed by atoms with E-state index in [1.807, 2.05) is 30.3 Å². The molecule has 3 aromatic rings. The first-order valence-electron chi connectivity index (χ1n) is 7.97. The van der Waals surface area contributed by atoms with Crippen LogP contribution in [0.2, 0.25) is 5.02 Å². The van der Waals surface area contributed by atoms with Gasteiger partial charge in [0.2, 0.25) is 0 Å². The maximum absolute atomic E-state index is 13.2. The van der Waals surface area contributed by atoms with Gasteiger partial charge in [0.1, 0.15) is 18.5 Å². The first-order valence-corrected chi connectivity index (χ1v) is 8.35. The second kappa shape index (κ2) is 8.41. The van der Waals surface area contributed by atoms with Gasteiger partial charge in [0.25, 0.3) is 0 Å². The second-order valence-corrected chi connectivity index (χ2v) is 6.04. The summed E-state index contributed by atoms with van der Waals surface area (Å²) in [6, 6.07) is 12.3. The van der Waals surface area contributed by atoms with Crippen molar-refractivity contribution in [3.63, 3.8) is 0 Å². The number of hydrogen-bond acceptors (Lipinski definition) is 4. The van der Waals surface area contributed by atoms with Crippen LogP contribution in [-0.4, -0.2) is 26.6 Å². The number of nitrogens with one attached hydrogen (secondary N) is 2. The van der Waals surface area contributed by atoms with Gasteiger partial charge in [0.05, 0.1) is 17.6 Å². The third-order valence-corrected chi connectivity index (χ3v) is 4.02. The van der Waals surface area contributed by atoms with Crippen LogP contribution < -0.4 is 10.6 Å². The number of anilines is 1. The topological polar surface area (TPSA) is 88.9 Å². The highest BCUT2D eigenvalue weighted by molar-refractivity contribution is 6.40. The molecule has 2 aromatic carbocycles. The van der Waals surface area contributed by atoms with E-state index in [0.717, 1.165) is 11.6 Å². The zero-order valence-electron chi connectivity index (χ0n) is 14.0. The van der Waals surface area contributed by atoms with Crippen molar-refractivity contribution < 1.29 is 14.0 Å². The molecule has 0 radical (unpaired) electrons. The summed E-state index contributed by atoms with van der Waals surface area (Å²) < 4.78 is 14.7. The predicted molar refractivity (Wildman–Crippen MR) is 97.4 cm³/mol. The molecule has 0 aliphatic rings. The van der Waals surface area contributed by atoms with Crippen molar-refractivity contribution in [1.82, 2.24) is 20.1 Å². The molecule has 0 aliphatic heterocycles. The lowest BCUT2D eigenvalue weighted by Gasteiger charge is -2.19. The lowest BCUT2D eigenvalue weighted by molar-refractivity contribution is -0.136. The van der Waals surface area contributed by atoms with Crippen LogP contribution in [0, 0.1) is 5.82 Å². The molecule has 0 aliphatic carbocycles. The third-order valence-electron chi connectivity index (χ3n) is 3.73. The van der Waals surface area contributed by atoms with Crippen LogP contribution >= 0.6 is 11.6 Å². The summed E-state index contributed by atoms with van der Waals surface area (Å²) in [4.78, 5) is 28.4. The molecule has 0 bridgehead atoms. The van der Waals surface area contributed by atoms with Crippen molar-refractivity contribution >= 4 is 29.1 Å². The Morgan fingerprint density at radius 1 is 1.15 bits per heavy atom. The number of halogens is 2. The Morgan fingerprint density at radius 3 is 2.59 bits per heavy atom. The van der Waals surface area contributed by atoms with Crippen LogP contribution in [-0.2, 0) is 16.1 Å². The summed E-state index contributed by atoms with van der Waals surface area (Å²) in [5.41, 5.74) is 1.02. The first kappa shape index (κ1) is 18.5. The van der Waals surface area contributed by atoms with E-state index in [4.69, 9.17) is 11.6 Å². The highest BCUT2D eigenvalue weighted by Gasteiger charge is 2.21. The van der Waals surface area contributed by atoms with Gasteiger partial charge in [-0.25, -0.2) is 9.37 Å². The highest BCUT2D eigenvalue weighted by atomic mass is 35.5. The normalized spacial score (nSPS) is 11.6. The fraction of sp³-hybridized carbons (Fsp3) is 0.111. The molecule has 138 valence electrons. The van der Waals surface area contributed by atoms with E-state index in [-0.39, 0.29) is 10.7 Å². The Morgan fingerprint density at radius 2 is 1.93 bits per heavy atom. The van der Waals surface area contributed by atoms with Crippen LogP contribution in [0.4, 0.5) is 10.1 Å². The Labute approximate surface area is 159 Å². The number of carbonyl (C=O) groups is 2. The average Bonchev–Trinajstić information content (AvgIpc) is 3.18. The molecule has 9 heteroatoms. The van der Waals surface area contributed by atoms with Crippen LogP contribution in [0.3, 0.4) is 0 Å². The molecule has 0 saturated carbocycles. The van der Waals surface area contributed by atoms with Crippen molar-refractivity contribution in [2.45, 2.75) is 12.6 Å². The number of nitrogens with zero attached hydrogens (tertiary/aromatic N) is 3. The van der Waals surface area contributed by atoms with E-state index < -0.39 is 23.7 Å². The summed E-state index contributed by atoms with van der Waals surface area (Å²) in [5, 5.41) is 8.93. The molecule has 2 amide bonds. The molecule has 1 atom stereocenters. The second-order valence-electron chi connectivity index (χ2n) is 5.64. The summed E-state index contributed by atoms with van der Waals surface area (Å²) in [6.45, 7) is 0.297. The lowest BCUT2D eigenvalue weighted by Crippen LogP contribution is -2.39. The molecule has 0 spiro atoms. The quantitative estimate of drug-likeness (QED) is 0.658. The SMILES string of the molecule is O=C(Nc1ccc(F)c(Cl)c1)C(=O)N[C@@H](Cn1cncn1)c1ccccc1. The molecule has 1 heterocycles. The van der Waals surface area contributed by atoms with Crippen molar-refractivity contribution in [3.05, 3.63) is 77.6 Å². The third kappa shape index (κ3) is 4.89. The van der Waals surface area contributed by atoms with Gasteiger partial charge in [0, 0.05) is 5.69 Å². The molecular weight excluding hydrogens is 373 g/mol. The first-order chi connectivity index (χ1) is 13.0. The number of rotatable bonds is 5. The largest absolute Gasteiger partial charge is 0.339 e. The van der Waals surface area contributed by atoms with Gasteiger partial charge in [0.15, 0.2) is 0 Å². The van der Waals surface area contributed by atoms with Gasteiger partial charge < -0.3 is 10.6 Å². The minimum absolute atomic E-state index is 0.151. The minimum atomic E-state index is -0.891. The van der Waals surface area contributed by atoms with Crippen molar-refractivity contribution in [2.75, 3.05) is 5.32 Å². The maximum Gasteiger partial charge on any atom is 0.313 e. The van der Waals surface area contributed by atoms with E-state index in [0.29, 0.717) is 6.54 Å². The lowest BCUT2D eigenvalue weighted by atomic mass is 10.1. The van der Waals surface area contributed by atoms with Crippen molar-refractivity contribution in [3.8, 4) is 0 Å². The van der Waals surface area contributed by atoms with Gasteiger partial charge >= 0.3 is 11.8 Å². The Hall–Kier alpha value is -3.26. The minimum Gasteiger partial charge on any atom is -0.339 e. The van der Waals surface area contributed by atoms with Crippen LogP contribution in [0.15, 0.2) is 61.2 Å². The van der Waals surface area contributed by atoms with Gasteiger partial charge in [-0.2, -0.15) is 5.10 Å². The average molecular weight is 388 g/mol. The van der Waals surface area contributed by atoms with Crippen LogP contribution in [0.5, 0.6) is 0 Å². The van der Waals surface area contributed by atoms with Gasteiger partial charge in [-0.3, -0.25) is 14.3 Å². The zero-order chi connectivity index (χ0) is 19.2. The maximum atomic E-state index is 13.2. The molecule has 27 heavy (non-hydrogen) atoms. The standard InChI is InChI=1S/C18H15ClFN5O2/c19-14-8-13(6-7-15(14)20)23-17(26)18(27)24-16(9-25-11-21-10-22-25)12-4-2-1-3-5-12/h1-8,10-11,16H,9H2,(H,23,26)(H,24,27)/t16-/m0/s1. The smallest absolute Gasteiger partial charge is 0.313 e. The molecule has 0 fully saturated rings. The summed E-state index contributed by atoms with van der Waals surface area (Å²) in [7, 11) is 0. The molecule has 3 rings (SSSR count). The Kier molecular flexibility index (Phi) is 5.77. The van der Waals surface area contributed by atoms with Gasteiger partial charge in [-0.15, -0.1) is 0 Å². The highest BCUT2D eigenvalue weighted by Crippen LogP contribution is 2.19. The molecule has 1 aromatic heterocycles. The zero-order valence-corrected chi connectivity index (χ0v) is 14.7. The predicted octanol–water partition coefficient (Wildman–Crippen LogP) is 2.57. The Balaban J connectivity index is 1.71. The van der Waals surface area contributed by atoms with Crippen LogP contribution in [0.25, 0.3) is 0 Å². The summed E-state index contributed by atoms with van der Waals surface area (Å²) >= 11 is 5.68. The number of benzene rings is 2. The number of aromatic nitrogens is 3. The molecule has 0 unspecified atom stereocenters. The number of carbonyl (C=O) groups excluding carboxylic acids is 2. The van der Waals surface area contributed by atoms with E-state index in [9.17, 15) is 14.0 Å². The van der Waals surface area contributed by atoms with E-state index >= 15 is 0 Å². The fourth-order valence-electron chi connectivity index (χ4n) is 2.42. The van der Waals surface area contributed by atoms with Gasteiger partial charge in [-0.05, 0) is 23.8 Å².